The molecule has 0 bridgehead atoms. The van der Waals surface area contributed by atoms with E-state index < -0.39 is 0 Å². The normalized spacial score (nSPS) is 15.4. The van der Waals surface area contributed by atoms with Gasteiger partial charge in [-0.3, -0.25) is 4.79 Å². The number of unbranched alkanes of at least 4 members (excludes halogenated alkanes) is 1. The van der Waals surface area contributed by atoms with Crippen molar-refractivity contribution in [3.05, 3.63) is 35.7 Å². The molecule has 6 nitrogen and oxygen atoms in total. The van der Waals surface area contributed by atoms with Crippen molar-refractivity contribution in [2.45, 2.75) is 57.5 Å². The van der Waals surface area contributed by atoms with E-state index in [4.69, 9.17) is 4.74 Å². The molecule has 1 N–H and O–H groups in total. The zero-order chi connectivity index (χ0) is 20.8. The summed E-state index contributed by atoms with van der Waals surface area (Å²) in [5.41, 5.74) is 4.21. The topological polar surface area (TPSA) is 59.4 Å². The number of morpholine rings is 1. The quantitative estimate of drug-likeness (QED) is 0.652. The third-order valence-corrected chi connectivity index (χ3v) is 6.41. The minimum atomic E-state index is -0.226. The van der Waals surface area contributed by atoms with Gasteiger partial charge >= 0.3 is 0 Å². The number of aromatic nitrogens is 2. The Morgan fingerprint density at radius 3 is 2.59 bits per heavy atom. The van der Waals surface area contributed by atoms with Gasteiger partial charge in [-0.2, -0.15) is 0 Å². The monoisotopic (exact) mass is 416 g/mol. The summed E-state index contributed by atoms with van der Waals surface area (Å²) >= 11 is 1.53. The second kappa shape index (κ2) is 10.2. The van der Waals surface area contributed by atoms with Crippen LogP contribution in [0.15, 0.2) is 29.4 Å². The number of imidazole rings is 1. The van der Waals surface area contributed by atoms with Crippen molar-refractivity contribution in [1.29, 1.82) is 0 Å². The summed E-state index contributed by atoms with van der Waals surface area (Å²) in [6.07, 6.45) is 2.25. The van der Waals surface area contributed by atoms with E-state index in [1.54, 1.807) is 0 Å². The highest BCUT2D eigenvalue weighted by Crippen LogP contribution is 2.27. The highest BCUT2D eigenvalue weighted by molar-refractivity contribution is 8.00. The predicted molar refractivity (Wildman–Crippen MR) is 120 cm³/mol. The number of hydrogen-bond donors (Lipinski definition) is 1. The molecule has 29 heavy (non-hydrogen) atoms. The van der Waals surface area contributed by atoms with E-state index in [1.165, 1.54) is 17.5 Å². The van der Waals surface area contributed by atoms with E-state index in [0.29, 0.717) is 0 Å². The van der Waals surface area contributed by atoms with Crippen LogP contribution in [-0.2, 0) is 16.1 Å². The van der Waals surface area contributed by atoms with E-state index in [9.17, 15) is 4.79 Å². The minimum Gasteiger partial charge on any atom is -0.378 e. The average molecular weight is 417 g/mol. The summed E-state index contributed by atoms with van der Waals surface area (Å²) in [6.45, 7) is 12.5. The number of ether oxygens (including phenoxy) is 1. The fraction of sp³-hybridized carbons (Fsp3) is 0.545. The number of nitrogens with zero attached hydrogens (tertiary/aromatic N) is 3. The van der Waals surface area contributed by atoms with E-state index >= 15 is 0 Å². The maximum Gasteiger partial charge on any atom is 0.237 e. The second-order valence-electron chi connectivity index (χ2n) is 7.47. The van der Waals surface area contributed by atoms with Crippen LogP contribution in [0.1, 0.15) is 38.1 Å². The predicted octanol–water partition coefficient (Wildman–Crippen LogP) is 4.26. The number of nitrogens with one attached hydrogen (secondary N) is 1. The third kappa shape index (κ3) is 5.54. The maximum atomic E-state index is 12.7. The highest BCUT2D eigenvalue weighted by atomic mass is 32.2. The van der Waals surface area contributed by atoms with Crippen molar-refractivity contribution in [1.82, 2.24) is 9.55 Å². The van der Waals surface area contributed by atoms with Crippen LogP contribution in [0.4, 0.5) is 11.4 Å². The van der Waals surface area contributed by atoms with Crippen molar-refractivity contribution < 1.29 is 9.53 Å². The number of thioether (sulfide) groups is 1. The zero-order valence-corrected chi connectivity index (χ0v) is 18.7. The molecule has 1 aliphatic rings. The minimum absolute atomic E-state index is 0.00512. The van der Waals surface area contributed by atoms with Gasteiger partial charge < -0.3 is 19.5 Å². The van der Waals surface area contributed by atoms with Crippen molar-refractivity contribution in [2.75, 3.05) is 36.5 Å². The molecule has 1 aromatic heterocycles. The van der Waals surface area contributed by atoms with Gasteiger partial charge in [-0.15, -0.1) is 0 Å². The Kier molecular flexibility index (Phi) is 7.61. The Labute approximate surface area is 178 Å². The van der Waals surface area contributed by atoms with Crippen LogP contribution in [0.5, 0.6) is 0 Å². The van der Waals surface area contributed by atoms with Gasteiger partial charge in [0.15, 0.2) is 5.16 Å². The Morgan fingerprint density at radius 2 is 1.93 bits per heavy atom. The summed E-state index contributed by atoms with van der Waals surface area (Å²) in [6, 6.07) is 8.05. The fourth-order valence-electron chi connectivity index (χ4n) is 3.33. The Balaban J connectivity index is 1.60. The summed E-state index contributed by atoms with van der Waals surface area (Å²) < 4.78 is 7.64. The van der Waals surface area contributed by atoms with Crippen LogP contribution in [0.2, 0.25) is 0 Å². The van der Waals surface area contributed by atoms with Crippen LogP contribution in [0, 0.1) is 13.8 Å². The van der Waals surface area contributed by atoms with Gasteiger partial charge in [-0.25, -0.2) is 4.98 Å². The molecule has 0 saturated carbocycles. The number of anilines is 2. The SMILES string of the molecule is CCCCn1c(SC(C)C(=O)Nc2ccc(N3CCOCC3)cc2)nc(C)c1C. The summed E-state index contributed by atoms with van der Waals surface area (Å²) in [5.74, 6) is -0.00512. The molecule has 1 saturated heterocycles. The number of amides is 1. The zero-order valence-electron chi connectivity index (χ0n) is 17.9. The van der Waals surface area contributed by atoms with E-state index in [1.807, 2.05) is 26.0 Å². The molecular formula is C22H32N4O2S. The first kappa shape index (κ1) is 21.7. The first-order chi connectivity index (χ1) is 14.0. The van der Waals surface area contributed by atoms with Crippen LogP contribution in [0.25, 0.3) is 0 Å². The fourth-order valence-corrected chi connectivity index (χ4v) is 4.35. The molecule has 1 atom stereocenters. The van der Waals surface area contributed by atoms with E-state index in [0.717, 1.165) is 67.9 Å². The Hall–Kier alpha value is -1.99. The number of aryl methyl sites for hydroxylation is 1. The van der Waals surface area contributed by atoms with Crippen LogP contribution >= 0.6 is 11.8 Å². The van der Waals surface area contributed by atoms with Gasteiger partial charge in [-0.05, 0) is 51.5 Å². The van der Waals surface area contributed by atoms with Gasteiger partial charge in [-0.1, -0.05) is 25.1 Å². The lowest BCUT2D eigenvalue weighted by Crippen LogP contribution is -2.36. The van der Waals surface area contributed by atoms with Gasteiger partial charge in [0.05, 0.1) is 24.2 Å². The molecule has 7 heteroatoms. The smallest absolute Gasteiger partial charge is 0.237 e. The van der Waals surface area contributed by atoms with Crippen molar-refractivity contribution >= 4 is 29.0 Å². The van der Waals surface area contributed by atoms with Crippen molar-refractivity contribution in [2.24, 2.45) is 0 Å². The van der Waals surface area contributed by atoms with Crippen molar-refractivity contribution in [3.8, 4) is 0 Å². The molecule has 2 heterocycles. The van der Waals surface area contributed by atoms with Crippen LogP contribution in [-0.4, -0.2) is 47.0 Å². The van der Waals surface area contributed by atoms with Crippen molar-refractivity contribution in [3.63, 3.8) is 0 Å². The van der Waals surface area contributed by atoms with Gasteiger partial charge in [0.25, 0.3) is 0 Å². The molecule has 1 unspecified atom stereocenters. The molecule has 0 radical (unpaired) electrons. The first-order valence-corrected chi connectivity index (χ1v) is 11.3. The number of carbonyl (C=O) groups excluding carboxylic acids is 1. The van der Waals surface area contributed by atoms with Gasteiger partial charge in [0, 0.05) is 36.7 Å². The Morgan fingerprint density at radius 1 is 1.24 bits per heavy atom. The number of benzene rings is 1. The van der Waals surface area contributed by atoms with Crippen LogP contribution < -0.4 is 10.2 Å². The number of hydrogen-bond acceptors (Lipinski definition) is 5. The molecule has 0 spiro atoms. The lowest BCUT2D eigenvalue weighted by Gasteiger charge is -2.28. The number of carbonyl (C=O) groups is 1. The summed E-state index contributed by atoms with van der Waals surface area (Å²) in [5, 5.41) is 3.74. The Bertz CT molecular complexity index is 813. The largest absolute Gasteiger partial charge is 0.378 e. The summed E-state index contributed by atoms with van der Waals surface area (Å²) in [7, 11) is 0. The number of rotatable bonds is 8. The summed E-state index contributed by atoms with van der Waals surface area (Å²) in [4.78, 5) is 19.7. The van der Waals surface area contributed by atoms with E-state index in [2.05, 4.69) is 45.7 Å². The maximum absolute atomic E-state index is 12.7. The first-order valence-electron chi connectivity index (χ1n) is 10.4. The highest BCUT2D eigenvalue weighted by Gasteiger charge is 2.20. The standard InChI is InChI=1S/C22H32N4O2S/c1-5-6-11-26-17(3)16(2)23-22(26)29-18(4)21(27)24-19-7-9-20(10-8-19)25-12-14-28-15-13-25/h7-10,18H,5-6,11-15H2,1-4H3,(H,24,27). The molecule has 3 rings (SSSR count). The molecule has 1 fully saturated rings. The average Bonchev–Trinajstić information content (AvgIpc) is 3.00. The third-order valence-electron chi connectivity index (χ3n) is 5.32. The molecular weight excluding hydrogens is 384 g/mol. The molecule has 1 aromatic carbocycles. The van der Waals surface area contributed by atoms with Gasteiger partial charge in [0.1, 0.15) is 0 Å². The van der Waals surface area contributed by atoms with Crippen LogP contribution in [0.3, 0.4) is 0 Å². The van der Waals surface area contributed by atoms with Gasteiger partial charge in [0.2, 0.25) is 5.91 Å². The molecule has 2 aromatic rings. The second-order valence-corrected chi connectivity index (χ2v) is 8.77. The lowest BCUT2D eigenvalue weighted by molar-refractivity contribution is -0.115. The molecule has 158 valence electrons. The molecule has 1 amide bonds. The lowest BCUT2D eigenvalue weighted by atomic mass is 10.2. The molecule has 0 aliphatic carbocycles. The molecule has 1 aliphatic heterocycles. The van der Waals surface area contributed by atoms with E-state index in [-0.39, 0.29) is 11.2 Å².